The lowest BCUT2D eigenvalue weighted by Gasteiger charge is -2.09. The van der Waals surface area contributed by atoms with Crippen molar-refractivity contribution in [1.82, 2.24) is 14.9 Å². The lowest BCUT2D eigenvalue weighted by Crippen LogP contribution is -2.23. The molecule has 1 aromatic heterocycles. The zero-order valence-corrected chi connectivity index (χ0v) is 12.1. The second-order valence-corrected chi connectivity index (χ2v) is 6.00. The van der Waals surface area contributed by atoms with E-state index in [4.69, 9.17) is 4.98 Å². The zero-order chi connectivity index (χ0) is 13.4. The molecule has 3 nitrogen and oxygen atoms in total. The molecule has 0 radical (unpaired) electrons. The third-order valence-electron chi connectivity index (χ3n) is 4.14. The van der Waals surface area contributed by atoms with Crippen molar-refractivity contribution in [3.05, 3.63) is 29.6 Å². The number of nitrogens with one attached hydrogen (secondary N) is 1. The maximum Gasteiger partial charge on any atom is 0.112 e. The van der Waals surface area contributed by atoms with Gasteiger partial charge in [0.15, 0.2) is 0 Å². The molecule has 0 saturated carbocycles. The maximum absolute atomic E-state index is 4.79. The van der Waals surface area contributed by atoms with Crippen LogP contribution in [0.25, 0.3) is 11.0 Å². The molecule has 0 spiro atoms. The third kappa shape index (κ3) is 2.39. The lowest BCUT2D eigenvalue weighted by molar-refractivity contribution is 0.603. The van der Waals surface area contributed by atoms with E-state index in [-0.39, 0.29) is 0 Å². The monoisotopic (exact) mass is 257 g/mol. The van der Waals surface area contributed by atoms with E-state index in [0.29, 0.717) is 12.0 Å². The van der Waals surface area contributed by atoms with Gasteiger partial charge in [0.2, 0.25) is 0 Å². The maximum atomic E-state index is 4.79. The quantitative estimate of drug-likeness (QED) is 0.916. The Kier molecular flexibility index (Phi) is 3.31. The van der Waals surface area contributed by atoms with E-state index in [0.717, 1.165) is 11.9 Å². The molecule has 3 heteroatoms. The number of imidazole rings is 1. The first-order chi connectivity index (χ1) is 9.15. The second-order valence-electron chi connectivity index (χ2n) is 6.00. The normalized spacial score (nSPS) is 19.7. The smallest absolute Gasteiger partial charge is 0.112 e. The highest BCUT2D eigenvalue weighted by molar-refractivity contribution is 5.77. The van der Waals surface area contributed by atoms with Crippen molar-refractivity contribution in [2.45, 2.75) is 45.1 Å². The standard InChI is InChI=1S/C16H23N3/c1-11(2)16-18-14-10-12(6-7-15(14)19(16)3)9-13-5-4-8-17-13/h6-7,10-11,13,17H,4-5,8-9H2,1-3H3. The number of rotatable bonds is 3. The molecule has 1 aliphatic rings. The average Bonchev–Trinajstić information content (AvgIpc) is 2.98. The van der Waals surface area contributed by atoms with Crippen LogP contribution < -0.4 is 5.32 Å². The Hall–Kier alpha value is -1.35. The molecule has 19 heavy (non-hydrogen) atoms. The Morgan fingerprint density at radius 2 is 2.26 bits per heavy atom. The molecule has 1 aliphatic heterocycles. The van der Waals surface area contributed by atoms with Crippen molar-refractivity contribution in [1.29, 1.82) is 0 Å². The van der Waals surface area contributed by atoms with Crippen LogP contribution in [0.5, 0.6) is 0 Å². The largest absolute Gasteiger partial charge is 0.331 e. The van der Waals surface area contributed by atoms with E-state index >= 15 is 0 Å². The number of aromatic nitrogens is 2. The number of aryl methyl sites for hydroxylation is 1. The van der Waals surface area contributed by atoms with Crippen LogP contribution >= 0.6 is 0 Å². The minimum absolute atomic E-state index is 0.470. The summed E-state index contributed by atoms with van der Waals surface area (Å²) in [7, 11) is 2.11. The van der Waals surface area contributed by atoms with Crippen molar-refractivity contribution in [3.8, 4) is 0 Å². The predicted molar refractivity (Wildman–Crippen MR) is 79.5 cm³/mol. The Labute approximate surface area is 115 Å². The summed E-state index contributed by atoms with van der Waals surface area (Å²) in [5.74, 6) is 1.64. The molecular weight excluding hydrogens is 234 g/mol. The molecule has 1 saturated heterocycles. The SMILES string of the molecule is CC(C)c1nc2cc(CC3CCCN3)ccc2n1C. The van der Waals surface area contributed by atoms with Crippen LogP contribution in [0.4, 0.5) is 0 Å². The molecule has 2 aromatic rings. The van der Waals surface area contributed by atoms with E-state index in [1.54, 1.807) is 0 Å². The van der Waals surface area contributed by atoms with Crippen LogP contribution in [0.15, 0.2) is 18.2 Å². The van der Waals surface area contributed by atoms with Crippen LogP contribution in [-0.4, -0.2) is 22.1 Å². The molecule has 0 aliphatic carbocycles. The molecular formula is C16H23N3. The number of fused-ring (bicyclic) bond motifs is 1. The summed E-state index contributed by atoms with van der Waals surface area (Å²) < 4.78 is 2.22. The number of hydrogen-bond donors (Lipinski definition) is 1. The highest BCUT2D eigenvalue weighted by atomic mass is 15.1. The van der Waals surface area contributed by atoms with E-state index < -0.39 is 0 Å². The Balaban J connectivity index is 1.92. The van der Waals surface area contributed by atoms with Crippen LogP contribution in [0.2, 0.25) is 0 Å². The van der Waals surface area contributed by atoms with Gasteiger partial charge in [-0.25, -0.2) is 4.98 Å². The van der Waals surface area contributed by atoms with Crippen molar-refractivity contribution in [2.75, 3.05) is 6.54 Å². The summed E-state index contributed by atoms with van der Waals surface area (Å²) in [5.41, 5.74) is 3.79. The first-order valence-corrected chi connectivity index (χ1v) is 7.34. The molecule has 1 unspecified atom stereocenters. The summed E-state index contributed by atoms with van der Waals surface area (Å²) in [6.07, 6.45) is 3.75. The number of nitrogens with zero attached hydrogens (tertiary/aromatic N) is 2. The van der Waals surface area contributed by atoms with E-state index in [1.165, 1.54) is 36.3 Å². The first-order valence-electron chi connectivity index (χ1n) is 7.34. The van der Waals surface area contributed by atoms with E-state index in [1.807, 2.05) is 0 Å². The van der Waals surface area contributed by atoms with Crippen LogP contribution in [0, 0.1) is 0 Å². The van der Waals surface area contributed by atoms with Gasteiger partial charge in [0.05, 0.1) is 11.0 Å². The summed E-state index contributed by atoms with van der Waals surface area (Å²) in [4.78, 5) is 4.79. The molecule has 1 fully saturated rings. The summed E-state index contributed by atoms with van der Waals surface area (Å²) in [6, 6.07) is 7.40. The summed E-state index contributed by atoms with van der Waals surface area (Å²) in [5, 5.41) is 3.56. The minimum Gasteiger partial charge on any atom is -0.331 e. The average molecular weight is 257 g/mol. The summed E-state index contributed by atoms with van der Waals surface area (Å²) >= 11 is 0. The Bertz CT molecular complexity index is 577. The molecule has 1 N–H and O–H groups in total. The van der Waals surface area contributed by atoms with E-state index in [9.17, 15) is 0 Å². The highest BCUT2D eigenvalue weighted by Gasteiger charge is 2.16. The molecule has 0 bridgehead atoms. The van der Waals surface area contributed by atoms with Crippen molar-refractivity contribution in [3.63, 3.8) is 0 Å². The van der Waals surface area contributed by atoms with Crippen molar-refractivity contribution in [2.24, 2.45) is 7.05 Å². The van der Waals surface area contributed by atoms with Gasteiger partial charge in [0, 0.05) is 19.0 Å². The van der Waals surface area contributed by atoms with Gasteiger partial charge in [-0.3, -0.25) is 0 Å². The summed E-state index contributed by atoms with van der Waals surface area (Å²) in [6.45, 7) is 5.57. The van der Waals surface area contributed by atoms with Crippen molar-refractivity contribution < 1.29 is 0 Å². The van der Waals surface area contributed by atoms with Gasteiger partial charge < -0.3 is 9.88 Å². The molecule has 3 rings (SSSR count). The first kappa shape index (κ1) is 12.7. The highest BCUT2D eigenvalue weighted by Crippen LogP contribution is 2.22. The molecule has 1 aromatic carbocycles. The van der Waals surface area contributed by atoms with Crippen LogP contribution in [0.3, 0.4) is 0 Å². The predicted octanol–water partition coefficient (Wildman–Crippen LogP) is 2.99. The topological polar surface area (TPSA) is 29.9 Å². The minimum atomic E-state index is 0.470. The fourth-order valence-corrected chi connectivity index (χ4v) is 3.12. The molecule has 0 amide bonds. The van der Waals surface area contributed by atoms with E-state index in [2.05, 4.69) is 49.0 Å². The number of hydrogen-bond acceptors (Lipinski definition) is 2. The number of benzene rings is 1. The fourth-order valence-electron chi connectivity index (χ4n) is 3.12. The van der Waals surface area contributed by atoms with Gasteiger partial charge in [-0.05, 0) is 43.5 Å². The van der Waals surface area contributed by atoms with Gasteiger partial charge in [-0.1, -0.05) is 19.9 Å². The van der Waals surface area contributed by atoms with Crippen LogP contribution in [-0.2, 0) is 13.5 Å². The van der Waals surface area contributed by atoms with Gasteiger partial charge in [-0.2, -0.15) is 0 Å². The van der Waals surface area contributed by atoms with Crippen LogP contribution in [0.1, 0.15) is 44.0 Å². The van der Waals surface area contributed by atoms with Gasteiger partial charge in [0.25, 0.3) is 0 Å². The van der Waals surface area contributed by atoms with Gasteiger partial charge in [0.1, 0.15) is 5.82 Å². The lowest BCUT2D eigenvalue weighted by atomic mass is 10.0. The molecule has 1 atom stereocenters. The van der Waals surface area contributed by atoms with Gasteiger partial charge >= 0.3 is 0 Å². The Morgan fingerprint density at radius 3 is 2.95 bits per heavy atom. The zero-order valence-electron chi connectivity index (χ0n) is 12.1. The molecule has 2 heterocycles. The second kappa shape index (κ2) is 4.97. The Morgan fingerprint density at radius 1 is 1.42 bits per heavy atom. The molecule has 102 valence electrons. The third-order valence-corrected chi connectivity index (χ3v) is 4.14. The van der Waals surface area contributed by atoms with Gasteiger partial charge in [-0.15, -0.1) is 0 Å². The van der Waals surface area contributed by atoms with Crippen molar-refractivity contribution >= 4 is 11.0 Å². The fraction of sp³-hybridized carbons (Fsp3) is 0.562.